The molecule has 5 aromatic carbocycles. The molecule has 2 aliphatic heterocycles. The Kier molecular flexibility index (Phi) is 9.73. The van der Waals surface area contributed by atoms with E-state index in [2.05, 4.69) is 23.8 Å². The number of phenols is 1. The van der Waals surface area contributed by atoms with Gasteiger partial charge in [-0.1, -0.05) is 60.7 Å². The number of hydrogen-bond acceptors (Lipinski definition) is 5. The zero-order valence-electron chi connectivity index (χ0n) is 31.5. The highest BCUT2D eigenvalue weighted by Gasteiger charge is 2.34. The van der Waals surface area contributed by atoms with Crippen LogP contribution in [0.3, 0.4) is 0 Å². The maximum Gasteiger partial charge on any atom is 0.301 e. The number of carbonyl (C=O) groups is 2. The highest BCUT2D eigenvalue weighted by molar-refractivity contribution is 7.90. The third-order valence-corrected chi connectivity index (χ3v) is 12.5. The Morgan fingerprint density at radius 2 is 1.39 bits per heavy atom. The number of anilines is 3. The minimum atomic E-state index is -3.88. The van der Waals surface area contributed by atoms with Crippen molar-refractivity contribution in [2.45, 2.75) is 45.8 Å². The van der Waals surface area contributed by atoms with Crippen LogP contribution in [-0.4, -0.2) is 51.7 Å². The predicted molar refractivity (Wildman–Crippen MR) is 219 cm³/mol. The van der Waals surface area contributed by atoms with Crippen LogP contribution in [0.25, 0.3) is 11.3 Å². The molecule has 0 bridgehead atoms. The van der Waals surface area contributed by atoms with Crippen LogP contribution in [0, 0.1) is 6.92 Å². The van der Waals surface area contributed by atoms with Crippen LogP contribution in [-0.2, 0) is 43.2 Å². The number of fused-ring (bicyclic) bond motifs is 2. The number of nitrogens with one attached hydrogen (secondary N) is 1. The van der Waals surface area contributed by atoms with Crippen molar-refractivity contribution < 1.29 is 23.1 Å². The van der Waals surface area contributed by atoms with E-state index in [1.807, 2.05) is 90.2 Å². The molecular formula is C45H43N5O5S. The topological polar surface area (TPSA) is 115 Å². The molecule has 284 valence electrons. The summed E-state index contributed by atoms with van der Waals surface area (Å²) in [7, 11) is -1.99. The number of aromatic hydroxyl groups is 1. The van der Waals surface area contributed by atoms with E-state index >= 15 is 0 Å². The number of amides is 2. The number of carbonyl (C=O) groups excluding carboxylic acids is 2. The Hall–Kier alpha value is -6.17. The molecule has 1 atom stereocenters. The summed E-state index contributed by atoms with van der Waals surface area (Å²) in [4.78, 5) is 33.1. The first-order valence-electron chi connectivity index (χ1n) is 18.7. The average Bonchev–Trinajstić information content (AvgIpc) is 3.50. The summed E-state index contributed by atoms with van der Waals surface area (Å²) in [6.07, 6.45) is 1.16. The van der Waals surface area contributed by atoms with Gasteiger partial charge in [-0.3, -0.25) is 19.2 Å². The van der Waals surface area contributed by atoms with Gasteiger partial charge in [-0.2, -0.15) is 12.7 Å². The summed E-state index contributed by atoms with van der Waals surface area (Å²) < 4.78 is 33.2. The van der Waals surface area contributed by atoms with Crippen molar-refractivity contribution in [1.82, 2.24) is 13.8 Å². The summed E-state index contributed by atoms with van der Waals surface area (Å²) in [6, 6.07) is 38.5. The molecule has 11 heteroatoms. The average molecular weight is 766 g/mol. The van der Waals surface area contributed by atoms with E-state index in [0.29, 0.717) is 64.5 Å². The monoisotopic (exact) mass is 765 g/mol. The molecule has 2 amide bonds. The van der Waals surface area contributed by atoms with Crippen LogP contribution in [0.1, 0.15) is 55.6 Å². The Balaban J connectivity index is 1.22. The van der Waals surface area contributed by atoms with Crippen molar-refractivity contribution in [2.24, 2.45) is 7.05 Å². The van der Waals surface area contributed by atoms with Gasteiger partial charge in [-0.25, -0.2) is 0 Å². The van der Waals surface area contributed by atoms with Crippen molar-refractivity contribution in [3.8, 4) is 17.0 Å². The van der Waals surface area contributed by atoms with Crippen molar-refractivity contribution in [2.75, 3.05) is 16.2 Å². The van der Waals surface area contributed by atoms with Crippen LogP contribution in [0.15, 0.2) is 127 Å². The lowest BCUT2D eigenvalue weighted by Gasteiger charge is -2.36. The number of aromatic nitrogens is 1. The first kappa shape index (κ1) is 36.8. The molecule has 10 nitrogen and oxygen atoms in total. The summed E-state index contributed by atoms with van der Waals surface area (Å²) in [5.74, 6) is -0.328. The van der Waals surface area contributed by atoms with Gasteiger partial charge >= 0.3 is 10.2 Å². The molecule has 0 aliphatic carbocycles. The van der Waals surface area contributed by atoms with Crippen molar-refractivity contribution in [1.29, 1.82) is 0 Å². The van der Waals surface area contributed by atoms with Gasteiger partial charge in [0.15, 0.2) is 0 Å². The SMILES string of the molecule is Cc1c(C(=O)N(c2ccccc2)c2ccc(O)cc2)cc(-c2cc3c(cc2C(=O)N2Cc4ccccc4C[C@H]2C)CN(S(=O)(=O)Nc2ccccc2)CC3)n1C. The molecule has 1 aromatic heterocycles. The molecule has 0 saturated carbocycles. The number of phenolic OH excluding ortho intramolecular Hbond substituents is 1. The zero-order valence-corrected chi connectivity index (χ0v) is 32.3. The maximum absolute atomic E-state index is 14.9. The van der Waals surface area contributed by atoms with E-state index in [-0.39, 0.29) is 36.7 Å². The molecule has 0 saturated heterocycles. The molecular weight excluding hydrogens is 723 g/mol. The largest absolute Gasteiger partial charge is 0.508 e. The lowest BCUT2D eigenvalue weighted by molar-refractivity contribution is 0.0658. The first-order chi connectivity index (χ1) is 27.0. The lowest BCUT2D eigenvalue weighted by Crippen LogP contribution is -2.43. The third-order valence-electron chi connectivity index (χ3n) is 11.0. The van der Waals surface area contributed by atoms with Crippen LogP contribution < -0.4 is 9.62 Å². The summed E-state index contributed by atoms with van der Waals surface area (Å²) >= 11 is 0. The molecule has 56 heavy (non-hydrogen) atoms. The highest BCUT2D eigenvalue weighted by atomic mass is 32.2. The van der Waals surface area contributed by atoms with Gasteiger partial charge in [0.25, 0.3) is 11.8 Å². The predicted octanol–water partition coefficient (Wildman–Crippen LogP) is 7.99. The van der Waals surface area contributed by atoms with Crippen molar-refractivity contribution in [3.05, 3.63) is 166 Å². The van der Waals surface area contributed by atoms with E-state index in [0.717, 1.165) is 16.7 Å². The Morgan fingerprint density at radius 3 is 2.11 bits per heavy atom. The normalized spacial score (nSPS) is 15.5. The van der Waals surface area contributed by atoms with Gasteiger partial charge in [-0.05, 0) is 116 Å². The van der Waals surface area contributed by atoms with Crippen LogP contribution >= 0.6 is 0 Å². The van der Waals surface area contributed by atoms with E-state index < -0.39 is 10.2 Å². The van der Waals surface area contributed by atoms with Crippen molar-refractivity contribution in [3.63, 3.8) is 0 Å². The van der Waals surface area contributed by atoms with Gasteiger partial charge in [0.05, 0.1) is 5.56 Å². The lowest BCUT2D eigenvalue weighted by atomic mass is 9.90. The van der Waals surface area contributed by atoms with Gasteiger partial charge < -0.3 is 14.6 Å². The molecule has 0 radical (unpaired) electrons. The van der Waals surface area contributed by atoms with Gasteiger partial charge in [0, 0.05) is 72.3 Å². The van der Waals surface area contributed by atoms with E-state index in [9.17, 15) is 23.1 Å². The quantitative estimate of drug-likeness (QED) is 0.163. The Labute approximate surface area is 327 Å². The second kappa shape index (κ2) is 14.8. The number of nitrogens with zero attached hydrogens (tertiary/aromatic N) is 4. The van der Waals surface area contributed by atoms with E-state index in [4.69, 9.17) is 0 Å². The molecule has 6 aromatic rings. The number of rotatable bonds is 8. The molecule has 8 rings (SSSR count). The van der Waals surface area contributed by atoms with Crippen LogP contribution in [0.4, 0.5) is 17.1 Å². The fraction of sp³-hybridized carbons (Fsp3) is 0.200. The molecule has 0 spiro atoms. The van der Waals surface area contributed by atoms with Crippen molar-refractivity contribution >= 4 is 39.1 Å². The summed E-state index contributed by atoms with van der Waals surface area (Å²) in [5, 5.41) is 10.0. The number of para-hydroxylation sites is 2. The second-order valence-electron chi connectivity index (χ2n) is 14.6. The Bertz CT molecular complexity index is 2550. The second-order valence-corrected chi connectivity index (χ2v) is 16.2. The molecule has 2 N–H and O–H groups in total. The standard InChI is InChI=1S/C45H43N5O5S/c1-30-24-32-12-10-11-13-34(32)29-49(30)44(52)42-26-35-28-48(56(54,55)46-36-14-6-4-7-15-36)23-22-33(35)25-41(42)43-27-40(31(2)47(43)3)45(53)50(37-16-8-5-9-17-37)38-18-20-39(51)21-19-38/h4-21,25-27,30,46,51H,22-24,28-29H2,1-3H3/t30-/m1/s1. The minimum Gasteiger partial charge on any atom is -0.508 e. The van der Waals surface area contributed by atoms with Gasteiger partial charge in [0.1, 0.15) is 5.75 Å². The molecule has 3 heterocycles. The van der Waals surface area contributed by atoms with Gasteiger partial charge in [0.2, 0.25) is 0 Å². The molecule has 0 fully saturated rings. The fourth-order valence-corrected chi connectivity index (χ4v) is 9.06. The molecule has 0 unspecified atom stereocenters. The highest BCUT2D eigenvalue weighted by Crippen LogP contribution is 2.37. The minimum absolute atomic E-state index is 0.0785. The first-order valence-corrected chi connectivity index (χ1v) is 20.1. The third kappa shape index (κ3) is 6.95. The maximum atomic E-state index is 14.9. The summed E-state index contributed by atoms with van der Waals surface area (Å²) in [6.45, 7) is 4.76. The number of hydrogen-bond donors (Lipinski definition) is 2. The van der Waals surface area contributed by atoms with Crippen LogP contribution in [0.5, 0.6) is 5.75 Å². The summed E-state index contributed by atoms with van der Waals surface area (Å²) in [5.41, 5.74) is 8.75. The van der Waals surface area contributed by atoms with Gasteiger partial charge in [-0.15, -0.1) is 0 Å². The van der Waals surface area contributed by atoms with Crippen LogP contribution in [0.2, 0.25) is 0 Å². The smallest absolute Gasteiger partial charge is 0.301 e. The van der Waals surface area contributed by atoms with E-state index in [1.54, 1.807) is 53.4 Å². The fourth-order valence-electron chi connectivity index (χ4n) is 7.86. The molecule has 2 aliphatic rings. The number of benzene rings is 5. The zero-order chi connectivity index (χ0) is 39.1. The Morgan fingerprint density at radius 1 is 0.750 bits per heavy atom. The van der Waals surface area contributed by atoms with E-state index in [1.165, 1.54) is 9.87 Å².